The van der Waals surface area contributed by atoms with Crippen LogP contribution in [0.1, 0.15) is 32.0 Å². The summed E-state index contributed by atoms with van der Waals surface area (Å²) in [7, 11) is 2.08. The number of aliphatic imine (C=N–C) groups is 1. The number of aryl methyl sites for hydroxylation is 1. The monoisotopic (exact) mass is 456 g/mol. The molecule has 0 amide bonds. The lowest BCUT2D eigenvalue weighted by Crippen LogP contribution is -2.39. The molecule has 6 nitrogen and oxygen atoms in total. The van der Waals surface area contributed by atoms with Gasteiger partial charge in [-0.15, -0.1) is 40.8 Å². The Hall–Kier alpha value is -1.64. The number of hydrogen-bond donors (Lipinski definition) is 1. The van der Waals surface area contributed by atoms with Crippen molar-refractivity contribution in [2.45, 2.75) is 32.6 Å². The molecule has 0 aliphatic rings. The zero-order chi connectivity index (χ0) is 17.2. The molecule has 2 aromatic rings. The van der Waals surface area contributed by atoms with Gasteiger partial charge in [0.05, 0.1) is 0 Å². The lowest BCUT2D eigenvalue weighted by atomic mass is 10.3. The van der Waals surface area contributed by atoms with Crippen molar-refractivity contribution in [3.8, 4) is 0 Å². The lowest BCUT2D eigenvalue weighted by molar-refractivity contribution is 0.469. The number of nitrogens with one attached hydrogen (secondary N) is 1. The molecule has 0 bridgehead atoms. The number of allylic oxidation sites excluding steroid dienone is 1. The Bertz CT molecular complexity index is 666. The summed E-state index contributed by atoms with van der Waals surface area (Å²) >= 11 is 0. The highest BCUT2D eigenvalue weighted by Gasteiger charge is 2.06. The zero-order valence-electron chi connectivity index (χ0n) is 15.2. The fraction of sp³-hybridized carbons (Fsp3) is 0.500. The molecule has 0 atom stereocenters. The normalized spacial score (nSPS) is 11.2. The largest absolute Gasteiger partial charge is 0.357 e. The molecule has 2 heterocycles. The van der Waals surface area contributed by atoms with Gasteiger partial charge in [-0.3, -0.25) is 9.39 Å². The Morgan fingerprint density at radius 3 is 2.96 bits per heavy atom. The standard InChI is InChI=1S/C18H28N6.HI/c1-4-6-8-14-23(3)18(19-5-2)20-13-10-12-17-22-21-16-11-7-9-15-24(16)17;/h4,7,9,11,15H,1,5-6,8,10,12-14H2,2-3H3,(H,19,20);1H. The molecule has 7 heteroatoms. The Labute approximate surface area is 167 Å². The predicted molar refractivity (Wildman–Crippen MR) is 115 cm³/mol. The lowest BCUT2D eigenvalue weighted by Gasteiger charge is -2.21. The number of nitrogens with zero attached hydrogens (tertiary/aromatic N) is 5. The van der Waals surface area contributed by atoms with Gasteiger partial charge in [-0.2, -0.15) is 0 Å². The van der Waals surface area contributed by atoms with Crippen LogP contribution in [0, 0.1) is 0 Å². The predicted octanol–water partition coefficient (Wildman–Crippen LogP) is 3.14. The van der Waals surface area contributed by atoms with Gasteiger partial charge < -0.3 is 10.2 Å². The average molecular weight is 456 g/mol. The zero-order valence-corrected chi connectivity index (χ0v) is 17.5. The molecular formula is C18H29IN6. The van der Waals surface area contributed by atoms with Gasteiger partial charge in [0.2, 0.25) is 0 Å². The third-order valence-electron chi connectivity index (χ3n) is 3.80. The van der Waals surface area contributed by atoms with E-state index >= 15 is 0 Å². The summed E-state index contributed by atoms with van der Waals surface area (Å²) < 4.78 is 2.04. The van der Waals surface area contributed by atoms with Crippen molar-refractivity contribution in [2.75, 3.05) is 26.7 Å². The first-order valence-corrected chi connectivity index (χ1v) is 8.65. The first kappa shape index (κ1) is 21.4. The summed E-state index contributed by atoms with van der Waals surface area (Å²) in [6.45, 7) is 8.49. The summed E-state index contributed by atoms with van der Waals surface area (Å²) in [5.41, 5.74) is 0.895. The number of fused-ring (bicyclic) bond motifs is 1. The van der Waals surface area contributed by atoms with Gasteiger partial charge in [0.25, 0.3) is 0 Å². The molecule has 138 valence electrons. The van der Waals surface area contributed by atoms with Crippen LogP contribution in [-0.2, 0) is 6.42 Å². The van der Waals surface area contributed by atoms with E-state index in [4.69, 9.17) is 4.99 Å². The van der Waals surface area contributed by atoms with Gasteiger partial charge in [-0.1, -0.05) is 12.1 Å². The minimum atomic E-state index is 0. The van der Waals surface area contributed by atoms with Gasteiger partial charge in [-0.25, -0.2) is 0 Å². The second-order valence-electron chi connectivity index (χ2n) is 5.74. The Morgan fingerprint density at radius 2 is 2.20 bits per heavy atom. The van der Waals surface area contributed by atoms with Gasteiger partial charge in [0.15, 0.2) is 11.6 Å². The minimum absolute atomic E-state index is 0. The number of aromatic nitrogens is 3. The average Bonchev–Trinajstić information content (AvgIpc) is 3.01. The summed E-state index contributed by atoms with van der Waals surface area (Å²) in [6.07, 6.45) is 7.91. The fourth-order valence-electron chi connectivity index (χ4n) is 2.53. The highest BCUT2D eigenvalue weighted by Crippen LogP contribution is 2.05. The molecule has 0 radical (unpaired) electrons. The molecule has 0 saturated heterocycles. The van der Waals surface area contributed by atoms with Crippen molar-refractivity contribution in [3.05, 3.63) is 42.9 Å². The molecule has 1 N–H and O–H groups in total. The van der Waals surface area contributed by atoms with E-state index in [1.54, 1.807) is 0 Å². The summed E-state index contributed by atoms with van der Waals surface area (Å²) in [5.74, 6) is 1.96. The van der Waals surface area contributed by atoms with Crippen molar-refractivity contribution >= 4 is 35.6 Å². The Balaban J connectivity index is 0.00000312. The Morgan fingerprint density at radius 1 is 1.36 bits per heavy atom. The van der Waals surface area contributed by atoms with Gasteiger partial charge in [0, 0.05) is 39.3 Å². The van der Waals surface area contributed by atoms with Crippen LogP contribution >= 0.6 is 24.0 Å². The fourth-order valence-corrected chi connectivity index (χ4v) is 2.53. The summed E-state index contributed by atoms with van der Waals surface area (Å²) in [6, 6.07) is 5.94. The van der Waals surface area contributed by atoms with E-state index in [0.717, 1.165) is 62.7 Å². The van der Waals surface area contributed by atoms with Crippen LogP contribution in [-0.4, -0.2) is 52.1 Å². The number of hydrogen-bond acceptors (Lipinski definition) is 3. The SMILES string of the molecule is C=CCCCN(C)C(=NCCCc1nnc2ccccn12)NCC.I. The maximum atomic E-state index is 4.72. The van der Waals surface area contributed by atoms with Crippen molar-refractivity contribution in [1.82, 2.24) is 24.8 Å². The first-order chi connectivity index (χ1) is 11.8. The van der Waals surface area contributed by atoms with Gasteiger partial charge >= 0.3 is 0 Å². The van der Waals surface area contributed by atoms with Crippen molar-refractivity contribution < 1.29 is 0 Å². The summed E-state index contributed by atoms with van der Waals surface area (Å²) in [4.78, 5) is 6.90. The van der Waals surface area contributed by atoms with Crippen molar-refractivity contribution in [2.24, 2.45) is 4.99 Å². The van der Waals surface area contributed by atoms with Crippen molar-refractivity contribution in [3.63, 3.8) is 0 Å². The molecule has 25 heavy (non-hydrogen) atoms. The molecule has 2 rings (SSSR count). The van der Waals surface area contributed by atoms with Gasteiger partial charge in [0.1, 0.15) is 5.82 Å². The Kier molecular flexibility index (Phi) is 10.1. The van der Waals surface area contributed by atoms with Crippen molar-refractivity contribution in [1.29, 1.82) is 0 Å². The van der Waals surface area contributed by atoms with Crippen LogP contribution in [0.3, 0.4) is 0 Å². The number of halogens is 1. The maximum Gasteiger partial charge on any atom is 0.193 e. The van der Waals surface area contributed by atoms with Crippen LogP contribution in [0.5, 0.6) is 0 Å². The van der Waals surface area contributed by atoms with E-state index < -0.39 is 0 Å². The molecule has 0 fully saturated rings. The molecule has 0 aliphatic carbocycles. The number of guanidine groups is 1. The highest BCUT2D eigenvalue weighted by molar-refractivity contribution is 14.0. The van der Waals surface area contributed by atoms with E-state index in [2.05, 4.69) is 41.0 Å². The van der Waals surface area contributed by atoms with E-state index in [9.17, 15) is 0 Å². The first-order valence-electron chi connectivity index (χ1n) is 8.65. The van der Waals surface area contributed by atoms with E-state index in [-0.39, 0.29) is 24.0 Å². The second-order valence-corrected chi connectivity index (χ2v) is 5.74. The third-order valence-corrected chi connectivity index (χ3v) is 3.80. The number of unbranched alkanes of at least 4 members (excludes halogenated alkanes) is 1. The second kappa shape index (κ2) is 11.8. The van der Waals surface area contributed by atoms with Crippen LogP contribution in [0.15, 0.2) is 42.0 Å². The molecule has 0 spiro atoms. The molecule has 0 saturated carbocycles. The quantitative estimate of drug-likeness (QED) is 0.207. The number of rotatable bonds is 9. The molecule has 0 unspecified atom stereocenters. The molecular weight excluding hydrogens is 427 g/mol. The van der Waals surface area contributed by atoms with Crippen LogP contribution in [0.2, 0.25) is 0 Å². The highest BCUT2D eigenvalue weighted by atomic mass is 127. The molecule has 2 aromatic heterocycles. The maximum absolute atomic E-state index is 4.72. The minimum Gasteiger partial charge on any atom is -0.357 e. The third kappa shape index (κ3) is 6.64. The molecule has 0 aliphatic heterocycles. The number of pyridine rings is 1. The van der Waals surface area contributed by atoms with Gasteiger partial charge in [-0.05, 0) is 38.3 Å². The van der Waals surface area contributed by atoms with Crippen LogP contribution in [0.25, 0.3) is 5.65 Å². The molecule has 0 aromatic carbocycles. The smallest absolute Gasteiger partial charge is 0.193 e. The summed E-state index contributed by atoms with van der Waals surface area (Å²) in [5, 5.41) is 11.8. The van der Waals surface area contributed by atoms with Crippen LogP contribution in [0.4, 0.5) is 0 Å². The van der Waals surface area contributed by atoms with E-state index in [0.29, 0.717) is 0 Å². The topological polar surface area (TPSA) is 57.8 Å². The van der Waals surface area contributed by atoms with E-state index in [1.807, 2.05) is 34.9 Å². The van der Waals surface area contributed by atoms with Crippen LogP contribution < -0.4 is 5.32 Å². The van der Waals surface area contributed by atoms with E-state index in [1.165, 1.54) is 0 Å².